The van der Waals surface area contributed by atoms with E-state index in [0.717, 1.165) is 11.0 Å². The van der Waals surface area contributed by atoms with Crippen LogP contribution in [0.2, 0.25) is 0 Å². The first-order valence-corrected chi connectivity index (χ1v) is 12.5. The van der Waals surface area contributed by atoms with E-state index in [1.165, 1.54) is 14.0 Å². The molecule has 2 aliphatic heterocycles. The Bertz CT molecular complexity index is 1420. The minimum Gasteiger partial charge on any atom is -0.497 e. The smallest absolute Gasteiger partial charge is 0.494 e. The van der Waals surface area contributed by atoms with E-state index in [-0.39, 0.29) is 36.9 Å². The van der Waals surface area contributed by atoms with Crippen LogP contribution in [0, 0.1) is 0 Å². The van der Waals surface area contributed by atoms with Gasteiger partial charge in [-0.25, -0.2) is 4.79 Å². The molecule has 2 saturated heterocycles. The average Bonchev–Trinajstić information content (AvgIpc) is 3.24. The lowest BCUT2D eigenvalue weighted by Gasteiger charge is -2.32. The summed E-state index contributed by atoms with van der Waals surface area (Å²) in [6.45, 7) is 8.11. The van der Waals surface area contributed by atoms with Gasteiger partial charge in [0, 0.05) is 13.5 Å². The van der Waals surface area contributed by atoms with Crippen LogP contribution < -0.4 is 15.9 Å². The molecule has 0 N–H and O–H groups in total. The van der Waals surface area contributed by atoms with Gasteiger partial charge < -0.3 is 14.0 Å². The maximum absolute atomic E-state index is 13.6. The molecule has 9 nitrogen and oxygen atoms in total. The highest BCUT2D eigenvalue weighted by Gasteiger charge is 2.51. The van der Waals surface area contributed by atoms with Crippen LogP contribution in [0.3, 0.4) is 0 Å². The zero-order valence-electron chi connectivity index (χ0n) is 22.1. The first-order chi connectivity index (χ1) is 17.4. The molecule has 2 aliphatic rings. The standard InChI is InChI=1S/C27H32BN3O6/c1-26(2)27(3,4)37-28(36-26)18-9-12-20-22(15-18)29(5)25(34)31(20)21-13-14-23(32)30(24(21)33)16-17-7-10-19(35-6)11-8-17/h7-12,15,21H,13-14,16H2,1-6H3. The molecule has 3 aromatic rings. The van der Waals surface area contributed by atoms with Gasteiger partial charge in [0.1, 0.15) is 11.8 Å². The zero-order chi connectivity index (χ0) is 26.7. The number of methoxy groups -OCH3 is 1. The van der Waals surface area contributed by atoms with E-state index in [2.05, 4.69) is 0 Å². The minimum atomic E-state index is -0.769. The van der Waals surface area contributed by atoms with Gasteiger partial charge in [0.05, 0.1) is 35.9 Å². The Morgan fingerprint density at radius 3 is 2.24 bits per heavy atom. The molecule has 1 atom stereocenters. The first-order valence-electron chi connectivity index (χ1n) is 12.5. The summed E-state index contributed by atoms with van der Waals surface area (Å²) in [7, 11) is 2.70. The summed E-state index contributed by atoms with van der Waals surface area (Å²) in [5.41, 5.74) is 1.62. The van der Waals surface area contributed by atoms with Crippen LogP contribution in [0.25, 0.3) is 11.0 Å². The molecule has 0 bridgehead atoms. The second kappa shape index (κ2) is 8.88. The number of hydrogen-bond acceptors (Lipinski definition) is 6. The number of imide groups is 1. The molecule has 2 fully saturated rings. The molecule has 10 heteroatoms. The number of carbonyl (C=O) groups excluding carboxylic acids is 2. The quantitative estimate of drug-likeness (QED) is 0.391. The molecule has 0 spiro atoms. The Labute approximate surface area is 216 Å². The van der Waals surface area contributed by atoms with Gasteiger partial charge in [-0.1, -0.05) is 18.2 Å². The maximum atomic E-state index is 13.6. The van der Waals surface area contributed by atoms with Crippen molar-refractivity contribution in [2.75, 3.05) is 7.11 Å². The van der Waals surface area contributed by atoms with E-state index in [1.54, 1.807) is 26.3 Å². The summed E-state index contributed by atoms with van der Waals surface area (Å²) in [6, 6.07) is 12.0. The predicted molar refractivity (Wildman–Crippen MR) is 140 cm³/mol. The normalized spacial score (nSPS) is 21.2. The number of rotatable bonds is 5. The third-order valence-corrected chi connectivity index (χ3v) is 7.93. The lowest BCUT2D eigenvalue weighted by Crippen LogP contribution is -2.47. The van der Waals surface area contributed by atoms with Gasteiger partial charge in [-0.3, -0.25) is 23.6 Å². The number of likely N-dealkylation sites (tertiary alicyclic amines) is 1. The number of nitrogens with zero attached hydrogens (tertiary/aromatic N) is 3. The molecular formula is C27H32BN3O6. The van der Waals surface area contributed by atoms with E-state index in [1.807, 2.05) is 58.0 Å². The van der Waals surface area contributed by atoms with Gasteiger partial charge in [-0.15, -0.1) is 0 Å². The van der Waals surface area contributed by atoms with Gasteiger partial charge in [0.2, 0.25) is 5.91 Å². The van der Waals surface area contributed by atoms with Gasteiger partial charge in [0.15, 0.2) is 0 Å². The lowest BCUT2D eigenvalue weighted by molar-refractivity contribution is -0.151. The monoisotopic (exact) mass is 505 g/mol. The summed E-state index contributed by atoms with van der Waals surface area (Å²) >= 11 is 0. The summed E-state index contributed by atoms with van der Waals surface area (Å²) in [4.78, 5) is 40.9. The molecule has 2 aromatic carbocycles. The highest BCUT2D eigenvalue weighted by atomic mass is 16.7. The summed E-state index contributed by atoms with van der Waals surface area (Å²) in [5.74, 6) is 0.0743. The summed E-state index contributed by atoms with van der Waals surface area (Å²) < 4.78 is 20.6. The molecular weight excluding hydrogens is 473 g/mol. The van der Waals surface area contributed by atoms with Crippen molar-refractivity contribution < 1.29 is 23.6 Å². The van der Waals surface area contributed by atoms with E-state index in [0.29, 0.717) is 16.8 Å². The van der Waals surface area contributed by atoms with Crippen LogP contribution in [0.15, 0.2) is 47.3 Å². The predicted octanol–water partition coefficient (Wildman–Crippen LogP) is 2.54. The SMILES string of the molecule is COc1ccc(CN2C(=O)CCC(n3c(=O)n(C)c4cc(B5OC(C)(C)C(C)(C)O5)ccc43)C2=O)cc1. The molecule has 0 saturated carbocycles. The first kappa shape index (κ1) is 25.3. The van der Waals surface area contributed by atoms with E-state index in [9.17, 15) is 14.4 Å². The van der Waals surface area contributed by atoms with Crippen molar-refractivity contribution in [2.45, 2.75) is 64.3 Å². The van der Waals surface area contributed by atoms with E-state index in [4.69, 9.17) is 14.0 Å². The number of ether oxygens (including phenoxy) is 1. The second-order valence-corrected chi connectivity index (χ2v) is 10.8. The topological polar surface area (TPSA) is 92.0 Å². The third kappa shape index (κ3) is 4.18. The van der Waals surface area contributed by atoms with Crippen molar-refractivity contribution >= 4 is 35.4 Å². The van der Waals surface area contributed by atoms with Crippen LogP contribution in [0.1, 0.15) is 52.1 Å². The highest BCUT2D eigenvalue weighted by molar-refractivity contribution is 6.62. The molecule has 1 unspecified atom stereocenters. The minimum absolute atomic E-state index is 0.143. The Balaban J connectivity index is 1.47. The molecule has 0 radical (unpaired) electrons. The molecule has 0 aliphatic carbocycles. The van der Waals surface area contributed by atoms with Crippen molar-refractivity contribution in [2.24, 2.45) is 7.05 Å². The van der Waals surface area contributed by atoms with Crippen molar-refractivity contribution in [3.05, 3.63) is 58.5 Å². The summed E-state index contributed by atoms with van der Waals surface area (Å²) in [6.07, 6.45) is 0.455. The lowest BCUT2D eigenvalue weighted by atomic mass is 9.79. The van der Waals surface area contributed by atoms with Crippen molar-refractivity contribution in [3.63, 3.8) is 0 Å². The van der Waals surface area contributed by atoms with Crippen LogP contribution in [-0.4, -0.2) is 51.3 Å². The molecule has 2 amide bonds. The summed E-state index contributed by atoms with van der Waals surface area (Å²) in [5, 5.41) is 0. The van der Waals surface area contributed by atoms with E-state index < -0.39 is 24.4 Å². The molecule has 37 heavy (non-hydrogen) atoms. The fourth-order valence-corrected chi connectivity index (χ4v) is 4.95. The van der Waals surface area contributed by atoms with Crippen LogP contribution in [0.4, 0.5) is 0 Å². The fourth-order valence-electron chi connectivity index (χ4n) is 4.95. The molecule has 1 aromatic heterocycles. The number of aryl methyl sites for hydroxylation is 1. The van der Waals surface area contributed by atoms with Crippen LogP contribution >= 0.6 is 0 Å². The van der Waals surface area contributed by atoms with Gasteiger partial charge in [-0.05, 0) is 69.4 Å². The third-order valence-electron chi connectivity index (χ3n) is 7.93. The van der Waals surface area contributed by atoms with Crippen LogP contribution in [-0.2, 0) is 32.5 Å². The van der Waals surface area contributed by atoms with Gasteiger partial charge in [0.25, 0.3) is 5.91 Å². The van der Waals surface area contributed by atoms with Crippen LogP contribution in [0.5, 0.6) is 5.75 Å². The fraction of sp³-hybridized carbons (Fsp3) is 0.444. The molecule has 3 heterocycles. The number of hydrogen-bond donors (Lipinski definition) is 0. The number of fused-ring (bicyclic) bond motifs is 1. The van der Waals surface area contributed by atoms with Gasteiger partial charge >= 0.3 is 12.8 Å². The average molecular weight is 505 g/mol. The molecule has 5 rings (SSSR count). The highest BCUT2D eigenvalue weighted by Crippen LogP contribution is 2.37. The number of imidazole rings is 1. The Morgan fingerprint density at radius 1 is 0.973 bits per heavy atom. The van der Waals surface area contributed by atoms with Crippen molar-refractivity contribution in [1.82, 2.24) is 14.0 Å². The number of amides is 2. The zero-order valence-corrected chi connectivity index (χ0v) is 22.1. The van der Waals surface area contributed by atoms with Crippen molar-refractivity contribution in [3.8, 4) is 5.75 Å². The number of aromatic nitrogens is 2. The second-order valence-electron chi connectivity index (χ2n) is 10.8. The van der Waals surface area contributed by atoms with Crippen molar-refractivity contribution in [1.29, 1.82) is 0 Å². The molecule has 194 valence electrons. The number of piperidine rings is 1. The number of carbonyl (C=O) groups is 2. The Kier molecular flexibility index (Phi) is 6.07. The largest absolute Gasteiger partial charge is 0.497 e. The Morgan fingerprint density at radius 2 is 1.62 bits per heavy atom. The maximum Gasteiger partial charge on any atom is 0.494 e. The van der Waals surface area contributed by atoms with Gasteiger partial charge in [-0.2, -0.15) is 0 Å². The van der Waals surface area contributed by atoms with E-state index >= 15 is 0 Å². The Hall–Kier alpha value is -3.37. The number of benzene rings is 2.